The third kappa shape index (κ3) is 4.90. The lowest BCUT2D eigenvalue weighted by Crippen LogP contribution is -2.27. The van der Waals surface area contributed by atoms with E-state index in [2.05, 4.69) is 21.9 Å². The molecule has 2 aromatic rings. The van der Waals surface area contributed by atoms with E-state index in [1.165, 1.54) is 30.0 Å². The van der Waals surface area contributed by atoms with Crippen molar-refractivity contribution in [1.29, 1.82) is 0 Å². The van der Waals surface area contributed by atoms with Crippen molar-refractivity contribution < 1.29 is 4.79 Å². The molecule has 1 amide bonds. The van der Waals surface area contributed by atoms with Crippen molar-refractivity contribution in [3.8, 4) is 0 Å². The molecule has 0 radical (unpaired) electrons. The number of aryl methyl sites for hydroxylation is 1. The number of rotatable bonds is 7. The molecule has 0 aliphatic carbocycles. The summed E-state index contributed by atoms with van der Waals surface area (Å²) >= 11 is 2.89. The maximum absolute atomic E-state index is 11.6. The van der Waals surface area contributed by atoms with E-state index < -0.39 is 0 Å². The number of aromatic nitrogens is 3. The molecule has 2 rings (SSSR count). The number of H-pyrrole nitrogens is 1. The lowest BCUT2D eigenvalue weighted by Gasteiger charge is -2.14. The first kappa shape index (κ1) is 17.7. The number of hydrogen-bond donors (Lipinski definition) is 1. The largest absolute Gasteiger partial charge is 0.301 e. The number of hydrogen-bond acceptors (Lipinski definition) is 6. The first-order chi connectivity index (χ1) is 11.0. The topological polar surface area (TPSA) is 79.0 Å². The predicted octanol–water partition coefficient (Wildman–Crippen LogP) is 2.84. The molecule has 0 aliphatic rings. The molecule has 0 aromatic carbocycles. The van der Waals surface area contributed by atoms with Crippen molar-refractivity contribution in [1.82, 2.24) is 15.0 Å². The molecule has 0 atom stereocenters. The van der Waals surface area contributed by atoms with E-state index in [-0.39, 0.29) is 11.5 Å². The van der Waals surface area contributed by atoms with E-state index in [1.54, 1.807) is 11.0 Å². The van der Waals surface area contributed by atoms with Crippen molar-refractivity contribution >= 4 is 34.1 Å². The third-order valence-corrected chi connectivity index (χ3v) is 4.92. The Labute approximate surface area is 143 Å². The second kappa shape index (κ2) is 8.26. The average molecular weight is 352 g/mol. The van der Waals surface area contributed by atoms with Crippen LogP contribution in [0.4, 0.5) is 5.13 Å². The van der Waals surface area contributed by atoms with E-state index in [0.717, 1.165) is 24.2 Å². The zero-order chi connectivity index (χ0) is 16.8. The number of nitrogens with one attached hydrogen (secondary N) is 1. The highest BCUT2D eigenvalue weighted by Crippen LogP contribution is 2.25. The van der Waals surface area contributed by atoms with Crippen molar-refractivity contribution in [2.75, 3.05) is 11.4 Å². The van der Waals surface area contributed by atoms with E-state index in [9.17, 15) is 9.59 Å². The van der Waals surface area contributed by atoms with Gasteiger partial charge >= 0.3 is 0 Å². The molecule has 1 N–H and O–H groups in total. The van der Waals surface area contributed by atoms with Gasteiger partial charge in [0.15, 0.2) is 10.3 Å². The first-order valence-corrected chi connectivity index (χ1v) is 9.35. The minimum absolute atomic E-state index is 0.0145. The number of carbonyl (C=O) groups is 1. The highest BCUT2D eigenvalue weighted by Gasteiger charge is 2.13. The third-order valence-electron chi connectivity index (χ3n) is 3.10. The highest BCUT2D eigenvalue weighted by molar-refractivity contribution is 7.98. The summed E-state index contributed by atoms with van der Waals surface area (Å²) in [7, 11) is 0. The molecular formula is C15H20N4O2S2. The Balaban J connectivity index is 2.05. The van der Waals surface area contributed by atoms with Crippen LogP contribution in [-0.4, -0.2) is 27.4 Å². The summed E-state index contributed by atoms with van der Waals surface area (Å²) in [6, 6.07) is 1.54. The number of carbonyl (C=O) groups excluding carboxylic acids is 1. The van der Waals surface area contributed by atoms with Crippen molar-refractivity contribution in [3.63, 3.8) is 0 Å². The highest BCUT2D eigenvalue weighted by atomic mass is 32.2. The van der Waals surface area contributed by atoms with Crippen LogP contribution in [0.15, 0.2) is 21.4 Å². The minimum Gasteiger partial charge on any atom is -0.301 e. The molecule has 8 heteroatoms. The monoisotopic (exact) mass is 352 g/mol. The van der Waals surface area contributed by atoms with Gasteiger partial charge in [0, 0.05) is 36.4 Å². The summed E-state index contributed by atoms with van der Waals surface area (Å²) in [4.78, 5) is 36.5. The number of nitrogens with zero attached hydrogens (tertiary/aromatic N) is 3. The summed E-state index contributed by atoms with van der Waals surface area (Å²) < 4.78 is 0. The van der Waals surface area contributed by atoms with Crippen LogP contribution in [0, 0.1) is 0 Å². The standard InChI is InChI=1S/C15H20N4O2S2/c1-4-6-11-7-13(21)18-14(16-11)22-8-12-9-23-15(17-12)19(5-2)10(3)20/h7,9H,4-6,8H2,1-3H3,(H,16,18,21). The van der Waals surface area contributed by atoms with E-state index in [0.29, 0.717) is 22.6 Å². The second-order valence-corrected chi connectivity index (χ2v) is 6.77. The molecule has 0 fully saturated rings. The smallest absolute Gasteiger partial charge is 0.251 e. The van der Waals surface area contributed by atoms with Crippen LogP contribution in [0.3, 0.4) is 0 Å². The van der Waals surface area contributed by atoms with E-state index >= 15 is 0 Å². The summed E-state index contributed by atoms with van der Waals surface area (Å²) in [5, 5.41) is 3.24. The minimum atomic E-state index is -0.126. The zero-order valence-electron chi connectivity index (χ0n) is 13.5. The van der Waals surface area contributed by atoms with Crippen molar-refractivity contribution in [2.24, 2.45) is 0 Å². The van der Waals surface area contributed by atoms with Gasteiger partial charge in [-0.05, 0) is 13.3 Å². The molecule has 23 heavy (non-hydrogen) atoms. The van der Waals surface area contributed by atoms with Crippen LogP contribution in [0.2, 0.25) is 0 Å². The first-order valence-electron chi connectivity index (χ1n) is 7.49. The molecule has 2 heterocycles. The fourth-order valence-electron chi connectivity index (χ4n) is 2.06. The van der Waals surface area contributed by atoms with Gasteiger partial charge in [-0.1, -0.05) is 25.1 Å². The molecule has 0 saturated heterocycles. The van der Waals surface area contributed by atoms with Gasteiger partial charge in [0.1, 0.15) is 0 Å². The number of aromatic amines is 1. The lowest BCUT2D eigenvalue weighted by molar-refractivity contribution is -0.116. The van der Waals surface area contributed by atoms with Gasteiger partial charge in [0.2, 0.25) is 5.91 Å². The van der Waals surface area contributed by atoms with Gasteiger partial charge in [0.25, 0.3) is 5.56 Å². The van der Waals surface area contributed by atoms with Gasteiger partial charge in [-0.25, -0.2) is 9.97 Å². The van der Waals surface area contributed by atoms with Crippen LogP contribution in [-0.2, 0) is 17.0 Å². The van der Waals surface area contributed by atoms with E-state index in [1.807, 2.05) is 12.3 Å². The quantitative estimate of drug-likeness (QED) is 0.612. The van der Waals surface area contributed by atoms with Crippen LogP contribution >= 0.6 is 23.1 Å². The number of thiazole rings is 1. The second-order valence-electron chi connectivity index (χ2n) is 4.97. The predicted molar refractivity (Wildman–Crippen MR) is 94.2 cm³/mol. The number of thioether (sulfide) groups is 1. The summed E-state index contributed by atoms with van der Waals surface area (Å²) in [5.74, 6) is 0.587. The summed E-state index contributed by atoms with van der Waals surface area (Å²) in [6.07, 6.45) is 1.75. The molecule has 2 aromatic heterocycles. The molecule has 0 bridgehead atoms. The molecule has 0 saturated carbocycles. The molecule has 124 valence electrons. The van der Waals surface area contributed by atoms with Gasteiger partial charge in [-0.15, -0.1) is 11.3 Å². The SMILES string of the molecule is CCCc1cc(=O)[nH]c(SCc2csc(N(CC)C(C)=O)n2)n1. The van der Waals surface area contributed by atoms with E-state index in [4.69, 9.17) is 0 Å². The summed E-state index contributed by atoms with van der Waals surface area (Å²) in [5.41, 5.74) is 1.56. The van der Waals surface area contributed by atoms with Gasteiger partial charge in [0.05, 0.1) is 5.69 Å². The van der Waals surface area contributed by atoms with Crippen LogP contribution in [0.25, 0.3) is 0 Å². The maximum Gasteiger partial charge on any atom is 0.251 e. The summed E-state index contributed by atoms with van der Waals surface area (Å²) in [6.45, 7) is 6.11. The number of anilines is 1. The fraction of sp³-hybridized carbons (Fsp3) is 0.467. The Bertz CT molecular complexity index is 726. The zero-order valence-corrected chi connectivity index (χ0v) is 15.1. The van der Waals surface area contributed by atoms with Crippen LogP contribution < -0.4 is 10.5 Å². The Morgan fingerprint density at radius 3 is 2.78 bits per heavy atom. The molecule has 6 nitrogen and oxygen atoms in total. The number of amides is 1. The fourth-order valence-corrected chi connectivity index (χ4v) is 3.88. The van der Waals surface area contributed by atoms with Gasteiger partial charge < -0.3 is 4.98 Å². The Kier molecular flexibility index (Phi) is 6.35. The Morgan fingerprint density at radius 1 is 1.35 bits per heavy atom. The maximum atomic E-state index is 11.6. The van der Waals surface area contributed by atoms with Crippen LogP contribution in [0.5, 0.6) is 0 Å². The van der Waals surface area contributed by atoms with Gasteiger partial charge in [-0.3, -0.25) is 14.5 Å². The normalized spacial score (nSPS) is 10.7. The average Bonchev–Trinajstić information content (AvgIpc) is 2.94. The molecule has 0 aliphatic heterocycles. The lowest BCUT2D eigenvalue weighted by atomic mass is 10.2. The molecular weight excluding hydrogens is 332 g/mol. The molecule has 0 spiro atoms. The van der Waals surface area contributed by atoms with Crippen molar-refractivity contribution in [2.45, 2.75) is 44.5 Å². The van der Waals surface area contributed by atoms with Gasteiger partial charge in [-0.2, -0.15) is 0 Å². The van der Waals surface area contributed by atoms with Crippen molar-refractivity contribution in [3.05, 3.63) is 33.2 Å². The van der Waals surface area contributed by atoms with Crippen LogP contribution in [0.1, 0.15) is 38.6 Å². The molecule has 0 unspecified atom stereocenters. The Morgan fingerprint density at radius 2 is 2.13 bits per heavy atom. The Hall–Kier alpha value is -1.67.